The molecule has 0 aromatic carbocycles. The summed E-state index contributed by atoms with van der Waals surface area (Å²) in [7, 11) is 0. The largest absolute Gasteiger partial charge is 0.302 e. The first-order valence-electron chi connectivity index (χ1n) is 8.43. The number of piperidine rings is 1. The van der Waals surface area contributed by atoms with Gasteiger partial charge in [0.2, 0.25) is 5.91 Å². The third-order valence-electron chi connectivity index (χ3n) is 4.51. The Balaban J connectivity index is 1.60. The van der Waals surface area contributed by atoms with Crippen molar-refractivity contribution in [1.82, 2.24) is 19.9 Å². The first-order valence-corrected chi connectivity index (χ1v) is 9.25. The maximum Gasteiger partial charge on any atom is 0.223 e. The van der Waals surface area contributed by atoms with Crippen LogP contribution in [0.4, 0.5) is 9.52 Å². The van der Waals surface area contributed by atoms with E-state index in [0.717, 1.165) is 37.4 Å². The smallest absolute Gasteiger partial charge is 0.223 e. The minimum atomic E-state index is -0.401. The fourth-order valence-electron chi connectivity index (χ4n) is 3.22. The van der Waals surface area contributed by atoms with Crippen LogP contribution >= 0.6 is 11.3 Å². The number of aromatic nitrogens is 3. The van der Waals surface area contributed by atoms with Crippen LogP contribution in [0.25, 0.3) is 0 Å². The number of rotatable bonds is 5. The molecule has 0 radical (unpaired) electrons. The zero-order valence-corrected chi connectivity index (χ0v) is 15.2. The molecule has 0 spiro atoms. The summed E-state index contributed by atoms with van der Waals surface area (Å²) in [5.41, 5.74) is 0. The van der Waals surface area contributed by atoms with Crippen LogP contribution in [-0.4, -0.2) is 38.8 Å². The highest BCUT2D eigenvalue weighted by atomic mass is 32.1. The standard InChI is InChI=1S/C17H22FN5OS/c1-11(16-19-6-14(18)7-20-16)13-4-3-5-23(9-13)10-15-8-21-17(25-15)22-12(2)24/h6-8,11,13H,3-5,9-10H2,1-2H3,(H,21,22,24)/t11-,13-/m0/s1. The Morgan fingerprint density at radius 1 is 1.40 bits per heavy atom. The summed E-state index contributed by atoms with van der Waals surface area (Å²) in [6, 6.07) is 0. The number of carbonyl (C=O) groups is 1. The van der Waals surface area contributed by atoms with Crippen molar-refractivity contribution in [2.24, 2.45) is 5.92 Å². The third-order valence-corrected chi connectivity index (χ3v) is 5.41. The first kappa shape index (κ1) is 17.9. The SMILES string of the molecule is CC(=O)Nc1ncc(CN2CCC[C@H]([C@H](C)c3ncc(F)cn3)C2)s1. The molecule has 1 aliphatic rings. The number of amides is 1. The van der Waals surface area contributed by atoms with Crippen molar-refractivity contribution in [3.05, 3.63) is 35.1 Å². The van der Waals surface area contributed by atoms with E-state index in [1.54, 1.807) is 0 Å². The highest BCUT2D eigenvalue weighted by molar-refractivity contribution is 7.15. The second-order valence-electron chi connectivity index (χ2n) is 6.50. The van der Waals surface area contributed by atoms with Gasteiger partial charge < -0.3 is 5.32 Å². The zero-order valence-electron chi connectivity index (χ0n) is 14.4. The number of carbonyl (C=O) groups excluding carboxylic acids is 1. The fourth-order valence-corrected chi connectivity index (χ4v) is 4.12. The average Bonchev–Trinajstić information content (AvgIpc) is 3.01. The number of nitrogens with zero attached hydrogens (tertiary/aromatic N) is 4. The van der Waals surface area contributed by atoms with Crippen LogP contribution in [0.3, 0.4) is 0 Å². The maximum atomic E-state index is 13.0. The van der Waals surface area contributed by atoms with Crippen LogP contribution < -0.4 is 5.32 Å². The molecule has 1 fully saturated rings. The van der Waals surface area contributed by atoms with Crippen molar-refractivity contribution >= 4 is 22.4 Å². The minimum absolute atomic E-state index is 0.105. The van der Waals surface area contributed by atoms with Crippen molar-refractivity contribution in [1.29, 1.82) is 0 Å². The first-order chi connectivity index (χ1) is 12.0. The molecule has 8 heteroatoms. The molecular weight excluding hydrogens is 341 g/mol. The van der Waals surface area contributed by atoms with Gasteiger partial charge in [-0.1, -0.05) is 6.92 Å². The number of hydrogen-bond acceptors (Lipinski definition) is 6. The molecule has 0 unspecified atom stereocenters. The Kier molecular flexibility index (Phi) is 5.70. The summed E-state index contributed by atoms with van der Waals surface area (Å²) >= 11 is 1.51. The average molecular weight is 363 g/mol. The lowest BCUT2D eigenvalue weighted by Gasteiger charge is -2.35. The molecule has 0 saturated carbocycles. The molecule has 2 atom stereocenters. The Hall–Kier alpha value is -1.93. The third kappa shape index (κ3) is 4.79. The molecule has 1 N–H and O–H groups in total. The highest BCUT2D eigenvalue weighted by Gasteiger charge is 2.27. The van der Waals surface area contributed by atoms with E-state index in [1.807, 2.05) is 6.20 Å². The van der Waals surface area contributed by atoms with Crippen molar-refractivity contribution < 1.29 is 9.18 Å². The summed E-state index contributed by atoms with van der Waals surface area (Å²) in [4.78, 5) is 27.1. The number of halogens is 1. The van der Waals surface area contributed by atoms with Gasteiger partial charge in [0.25, 0.3) is 0 Å². The Morgan fingerprint density at radius 3 is 2.88 bits per heavy atom. The highest BCUT2D eigenvalue weighted by Crippen LogP contribution is 2.31. The molecule has 0 bridgehead atoms. The van der Waals surface area contributed by atoms with Crippen LogP contribution in [0, 0.1) is 11.7 Å². The van der Waals surface area contributed by atoms with Gasteiger partial charge in [0.15, 0.2) is 10.9 Å². The minimum Gasteiger partial charge on any atom is -0.302 e. The van der Waals surface area contributed by atoms with Gasteiger partial charge >= 0.3 is 0 Å². The summed E-state index contributed by atoms with van der Waals surface area (Å²) < 4.78 is 13.0. The van der Waals surface area contributed by atoms with Crippen molar-refractivity contribution in [3.8, 4) is 0 Å². The molecular formula is C17H22FN5OS. The van der Waals surface area contributed by atoms with Gasteiger partial charge in [-0.2, -0.15) is 0 Å². The summed E-state index contributed by atoms with van der Waals surface area (Å²) in [5, 5.41) is 3.36. The van der Waals surface area contributed by atoms with E-state index in [4.69, 9.17) is 0 Å². The predicted molar refractivity (Wildman–Crippen MR) is 94.8 cm³/mol. The van der Waals surface area contributed by atoms with Crippen LogP contribution in [0.1, 0.15) is 43.3 Å². The molecule has 3 rings (SSSR count). The van der Waals surface area contributed by atoms with Gasteiger partial charge in [-0.25, -0.2) is 19.3 Å². The fraction of sp³-hybridized carbons (Fsp3) is 0.529. The normalized spacial score (nSPS) is 19.6. The maximum absolute atomic E-state index is 13.0. The van der Waals surface area contributed by atoms with Gasteiger partial charge in [0.05, 0.1) is 12.4 Å². The molecule has 2 aromatic rings. The van der Waals surface area contributed by atoms with Crippen molar-refractivity contribution in [3.63, 3.8) is 0 Å². The number of thiazole rings is 1. The monoisotopic (exact) mass is 363 g/mol. The zero-order chi connectivity index (χ0) is 17.8. The second kappa shape index (κ2) is 7.97. The number of anilines is 1. The molecule has 1 saturated heterocycles. The van der Waals surface area contributed by atoms with E-state index < -0.39 is 5.82 Å². The lowest BCUT2D eigenvalue weighted by Crippen LogP contribution is -2.37. The van der Waals surface area contributed by atoms with Crippen LogP contribution in [-0.2, 0) is 11.3 Å². The van der Waals surface area contributed by atoms with Gasteiger partial charge in [-0.05, 0) is 25.3 Å². The summed E-state index contributed by atoms with van der Waals surface area (Å²) in [6.07, 6.45) is 6.54. The molecule has 2 aromatic heterocycles. The number of nitrogens with one attached hydrogen (secondary N) is 1. The van der Waals surface area contributed by atoms with Gasteiger partial charge in [-0.3, -0.25) is 9.69 Å². The quantitative estimate of drug-likeness (QED) is 0.884. The lowest BCUT2D eigenvalue weighted by molar-refractivity contribution is -0.114. The Bertz CT molecular complexity index is 720. The van der Waals surface area contributed by atoms with Crippen molar-refractivity contribution in [2.45, 2.75) is 39.2 Å². The van der Waals surface area contributed by atoms with Gasteiger partial charge in [0.1, 0.15) is 5.82 Å². The van der Waals surface area contributed by atoms with E-state index in [0.29, 0.717) is 16.9 Å². The molecule has 0 aliphatic carbocycles. The second-order valence-corrected chi connectivity index (χ2v) is 7.61. The van der Waals surface area contributed by atoms with Crippen LogP contribution in [0.5, 0.6) is 0 Å². The van der Waals surface area contributed by atoms with E-state index in [2.05, 4.69) is 32.1 Å². The van der Waals surface area contributed by atoms with Crippen molar-refractivity contribution in [2.75, 3.05) is 18.4 Å². The van der Waals surface area contributed by atoms with Crippen LogP contribution in [0.15, 0.2) is 18.6 Å². The molecule has 3 heterocycles. The van der Waals surface area contributed by atoms with E-state index >= 15 is 0 Å². The molecule has 134 valence electrons. The van der Waals surface area contributed by atoms with Gasteiger partial charge in [-0.15, -0.1) is 11.3 Å². The van der Waals surface area contributed by atoms with E-state index in [9.17, 15) is 9.18 Å². The molecule has 1 amide bonds. The molecule has 6 nitrogen and oxygen atoms in total. The molecule has 25 heavy (non-hydrogen) atoms. The van der Waals surface area contributed by atoms with E-state index in [-0.39, 0.29) is 11.8 Å². The molecule has 1 aliphatic heterocycles. The number of hydrogen-bond donors (Lipinski definition) is 1. The number of likely N-dealkylation sites (tertiary alicyclic amines) is 1. The topological polar surface area (TPSA) is 71.0 Å². The predicted octanol–water partition coefficient (Wildman–Crippen LogP) is 3.05. The van der Waals surface area contributed by atoms with E-state index in [1.165, 1.54) is 30.7 Å². The summed E-state index contributed by atoms with van der Waals surface area (Å²) in [6.45, 7) is 6.42. The Morgan fingerprint density at radius 2 is 2.16 bits per heavy atom. The lowest BCUT2D eigenvalue weighted by atomic mass is 9.86. The Labute approximate surface area is 150 Å². The van der Waals surface area contributed by atoms with Gasteiger partial charge in [0, 0.05) is 37.0 Å². The summed E-state index contributed by atoms with van der Waals surface area (Å²) in [5.74, 6) is 0.842. The van der Waals surface area contributed by atoms with Crippen LogP contribution in [0.2, 0.25) is 0 Å².